The molecule has 1 aliphatic heterocycles. The van der Waals surface area contributed by atoms with E-state index in [-0.39, 0.29) is 0 Å². The third-order valence-corrected chi connectivity index (χ3v) is 5.35. The minimum atomic E-state index is 0.793. The fourth-order valence-electron chi connectivity index (χ4n) is 3.23. The van der Waals surface area contributed by atoms with E-state index in [4.69, 9.17) is 23.8 Å². The Morgan fingerprint density at radius 1 is 1.08 bits per heavy atom. The summed E-state index contributed by atoms with van der Waals surface area (Å²) < 4.78 is 0. The van der Waals surface area contributed by atoms with Gasteiger partial charge in [0.2, 0.25) is 0 Å². The first-order chi connectivity index (χ1) is 12.0. The minimum absolute atomic E-state index is 0.793. The largest absolute Gasteiger partial charge is 0.336 e. The monoisotopic (exact) mass is 373 g/mol. The lowest BCUT2D eigenvalue weighted by molar-refractivity contribution is 0.134. The molecule has 2 aromatic carbocycles. The zero-order chi connectivity index (χ0) is 17.8. The van der Waals surface area contributed by atoms with Crippen molar-refractivity contribution >= 4 is 34.6 Å². The smallest absolute Gasteiger partial charge is 0.174 e. The molecule has 1 N–H and O–H groups in total. The van der Waals surface area contributed by atoms with Gasteiger partial charge in [-0.25, -0.2) is 0 Å². The summed E-state index contributed by atoms with van der Waals surface area (Å²) in [6, 6.07) is 14.3. The van der Waals surface area contributed by atoms with Gasteiger partial charge >= 0.3 is 0 Å². The molecule has 3 rings (SSSR count). The van der Waals surface area contributed by atoms with E-state index in [9.17, 15) is 0 Å². The third kappa shape index (κ3) is 4.51. The van der Waals surface area contributed by atoms with E-state index in [1.807, 2.05) is 18.2 Å². The van der Waals surface area contributed by atoms with E-state index < -0.39 is 0 Å². The van der Waals surface area contributed by atoms with Gasteiger partial charge in [-0.2, -0.15) is 0 Å². The fourth-order valence-corrected chi connectivity index (χ4v) is 3.67. The number of benzene rings is 2. The average molecular weight is 374 g/mol. The number of anilines is 1. The van der Waals surface area contributed by atoms with Crippen LogP contribution in [0.5, 0.6) is 0 Å². The molecule has 1 heterocycles. The van der Waals surface area contributed by atoms with E-state index in [0.29, 0.717) is 0 Å². The van der Waals surface area contributed by atoms with Gasteiger partial charge in [0.15, 0.2) is 5.11 Å². The predicted octanol–water partition coefficient (Wildman–Crippen LogP) is 4.82. The zero-order valence-electron chi connectivity index (χ0n) is 14.8. The van der Waals surface area contributed by atoms with Crippen molar-refractivity contribution in [2.75, 3.05) is 25.1 Å². The molecule has 1 fully saturated rings. The van der Waals surface area contributed by atoms with E-state index in [1.54, 1.807) is 0 Å². The van der Waals surface area contributed by atoms with Gasteiger partial charge in [-0.05, 0) is 55.2 Å². The second-order valence-corrected chi connectivity index (χ2v) is 7.39. The van der Waals surface area contributed by atoms with E-state index in [0.717, 1.165) is 48.5 Å². The molecule has 0 spiro atoms. The maximum Gasteiger partial charge on any atom is 0.174 e. The van der Waals surface area contributed by atoms with Crippen LogP contribution in [0.25, 0.3) is 0 Å². The van der Waals surface area contributed by atoms with Crippen LogP contribution >= 0.6 is 23.8 Å². The van der Waals surface area contributed by atoms with Crippen LogP contribution in [0.3, 0.4) is 0 Å². The standard InChI is InChI=1S/C20H24ClN3S/c1-15-7-5-8-16(2)19(15)22-20(25)24-12-6-11-23(14-24)13-17-9-3-4-10-18(17)21/h3-5,7-10H,6,11-14H2,1-2H3,(H,22,25). The van der Waals surface area contributed by atoms with E-state index in [2.05, 4.69) is 53.2 Å². The second-order valence-electron chi connectivity index (χ2n) is 6.60. The zero-order valence-corrected chi connectivity index (χ0v) is 16.3. The number of aryl methyl sites for hydroxylation is 2. The van der Waals surface area contributed by atoms with Crippen molar-refractivity contribution in [2.24, 2.45) is 0 Å². The SMILES string of the molecule is Cc1cccc(C)c1NC(=S)N1CCCN(Cc2ccccc2Cl)C1. The predicted molar refractivity (Wildman–Crippen MR) is 110 cm³/mol. The summed E-state index contributed by atoms with van der Waals surface area (Å²) in [5, 5.41) is 5.07. The Morgan fingerprint density at radius 3 is 2.52 bits per heavy atom. The summed E-state index contributed by atoms with van der Waals surface area (Å²) in [4.78, 5) is 4.63. The molecular formula is C20H24ClN3S. The van der Waals surface area contributed by atoms with Crippen LogP contribution in [0, 0.1) is 13.8 Å². The van der Waals surface area contributed by atoms with Crippen molar-refractivity contribution in [1.29, 1.82) is 0 Å². The molecule has 5 heteroatoms. The normalized spacial score (nSPS) is 15.2. The molecule has 0 atom stereocenters. The number of thiocarbonyl (C=S) groups is 1. The molecule has 0 unspecified atom stereocenters. The van der Waals surface area contributed by atoms with Gasteiger partial charge < -0.3 is 10.2 Å². The highest BCUT2D eigenvalue weighted by Crippen LogP contribution is 2.22. The lowest BCUT2D eigenvalue weighted by Crippen LogP contribution is -2.48. The second kappa shape index (κ2) is 8.17. The average Bonchev–Trinajstić information content (AvgIpc) is 2.60. The van der Waals surface area contributed by atoms with Gasteiger partial charge in [-0.1, -0.05) is 48.0 Å². The molecule has 25 heavy (non-hydrogen) atoms. The highest BCUT2D eigenvalue weighted by Gasteiger charge is 2.20. The first-order valence-electron chi connectivity index (χ1n) is 8.62. The Balaban J connectivity index is 1.65. The van der Waals surface area contributed by atoms with Gasteiger partial charge in [0.25, 0.3) is 0 Å². The van der Waals surface area contributed by atoms with Crippen LogP contribution in [0.1, 0.15) is 23.1 Å². The van der Waals surface area contributed by atoms with Gasteiger partial charge in [-0.15, -0.1) is 0 Å². The molecule has 0 saturated carbocycles. The highest BCUT2D eigenvalue weighted by molar-refractivity contribution is 7.80. The number of hydrogen-bond acceptors (Lipinski definition) is 2. The van der Waals surface area contributed by atoms with Crippen molar-refractivity contribution in [1.82, 2.24) is 9.80 Å². The molecule has 3 nitrogen and oxygen atoms in total. The van der Waals surface area contributed by atoms with Crippen molar-refractivity contribution in [3.63, 3.8) is 0 Å². The minimum Gasteiger partial charge on any atom is -0.336 e. The highest BCUT2D eigenvalue weighted by atomic mass is 35.5. The van der Waals surface area contributed by atoms with Crippen molar-refractivity contribution in [2.45, 2.75) is 26.8 Å². The van der Waals surface area contributed by atoms with Crippen LogP contribution in [0.2, 0.25) is 5.02 Å². The Hall–Kier alpha value is -1.62. The maximum atomic E-state index is 6.31. The van der Waals surface area contributed by atoms with Crippen LogP contribution in [0.4, 0.5) is 5.69 Å². The van der Waals surface area contributed by atoms with Gasteiger partial charge in [-0.3, -0.25) is 4.90 Å². The molecule has 0 bridgehead atoms. The van der Waals surface area contributed by atoms with Gasteiger partial charge in [0.1, 0.15) is 0 Å². The van der Waals surface area contributed by atoms with Gasteiger partial charge in [0.05, 0.1) is 6.67 Å². The number of nitrogens with zero attached hydrogens (tertiary/aromatic N) is 2. The van der Waals surface area contributed by atoms with Crippen LogP contribution in [-0.4, -0.2) is 34.7 Å². The Kier molecular flexibility index (Phi) is 5.94. The molecule has 0 aliphatic carbocycles. The first-order valence-corrected chi connectivity index (χ1v) is 9.41. The molecule has 132 valence electrons. The summed E-state index contributed by atoms with van der Waals surface area (Å²) in [5.74, 6) is 0. The Labute approximate surface area is 160 Å². The molecule has 0 aromatic heterocycles. The number of halogens is 1. The number of hydrogen-bond donors (Lipinski definition) is 1. The molecule has 0 radical (unpaired) electrons. The molecular weight excluding hydrogens is 350 g/mol. The molecule has 0 amide bonds. The van der Waals surface area contributed by atoms with E-state index in [1.165, 1.54) is 16.7 Å². The third-order valence-electron chi connectivity index (χ3n) is 4.63. The van der Waals surface area contributed by atoms with Gasteiger partial charge in [0, 0.05) is 30.3 Å². The maximum absolute atomic E-state index is 6.31. The molecule has 1 saturated heterocycles. The number of rotatable bonds is 3. The first kappa shape index (κ1) is 18.2. The van der Waals surface area contributed by atoms with Crippen molar-refractivity contribution in [3.8, 4) is 0 Å². The van der Waals surface area contributed by atoms with Crippen molar-refractivity contribution in [3.05, 3.63) is 64.2 Å². The Bertz CT molecular complexity index is 742. The van der Waals surface area contributed by atoms with Crippen LogP contribution in [0.15, 0.2) is 42.5 Å². The lowest BCUT2D eigenvalue weighted by atomic mass is 10.1. The molecule has 1 aliphatic rings. The van der Waals surface area contributed by atoms with Crippen molar-refractivity contribution < 1.29 is 0 Å². The Morgan fingerprint density at radius 2 is 1.80 bits per heavy atom. The molecule has 2 aromatic rings. The van der Waals surface area contributed by atoms with E-state index >= 15 is 0 Å². The summed E-state index contributed by atoms with van der Waals surface area (Å²) in [6.07, 6.45) is 1.10. The summed E-state index contributed by atoms with van der Waals surface area (Å²) in [6.45, 7) is 7.93. The topological polar surface area (TPSA) is 18.5 Å². The summed E-state index contributed by atoms with van der Waals surface area (Å²) in [5.41, 5.74) is 4.72. The quantitative estimate of drug-likeness (QED) is 0.777. The summed E-state index contributed by atoms with van der Waals surface area (Å²) in [7, 11) is 0. The fraction of sp³-hybridized carbons (Fsp3) is 0.350. The van der Waals surface area contributed by atoms with Crippen LogP contribution in [-0.2, 0) is 6.54 Å². The number of nitrogens with one attached hydrogen (secondary N) is 1. The number of para-hydroxylation sites is 1. The lowest BCUT2D eigenvalue weighted by Gasteiger charge is -2.37. The summed E-state index contributed by atoms with van der Waals surface area (Å²) >= 11 is 12.0. The van der Waals surface area contributed by atoms with Crippen LogP contribution < -0.4 is 5.32 Å².